The number of rotatable bonds is 2. The maximum atomic E-state index is 12.3. The molecule has 0 bridgehead atoms. The van der Waals surface area contributed by atoms with Crippen LogP contribution >= 0.6 is 0 Å². The van der Waals surface area contributed by atoms with Gasteiger partial charge in [-0.25, -0.2) is 0 Å². The molecule has 2 N–H and O–H groups in total. The number of carbonyl (C=O) groups is 1. The summed E-state index contributed by atoms with van der Waals surface area (Å²) in [6.07, 6.45) is 12.3. The molecule has 0 saturated heterocycles. The first-order valence-corrected chi connectivity index (χ1v) is 6.76. The van der Waals surface area contributed by atoms with Gasteiger partial charge < -0.3 is 5.73 Å². The third-order valence-corrected chi connectivity index (χ3v) is 3.95. The predicted octanol–water partition coefficient (Wildman–Crippen LogP) is 2.96. The molecule has 2 unspecified atom stereocenters. The third kappa shape index (κ3) is 2.94. The maximum Gasteiger partial charge on any atom is 0.161 e. The Hall–Kier alpha value is -0.630. The average molecular weight is 221 g/mol. The van der Waals surface area contributed by atoms with Crippen LogP contribution in [0.2, 0.25) is 0 Å². The fourth-order valence-corrected chi connectivity index (χ4v) is 2.93. The van der Waals surface area contributed by atoms with Crippen LogP contribution in [0.5, 0.6) is 0 Å². The van der Waals surface area contributed by atoms with Gasteiger partial charge in [0.2, 0.25) is 0 Å². The van der Waals surface area contributed by atoms with Gasteiger partial charge in [-0.15, -0.1) is 0 Å². The van der Waals surface area contributed by atoms with Gasteiger partial charge in [-0.2, -0.15) is 0 Å². The van der Waals surface area contributed by atoms with Crippen molar-refractivity contribution in [2.75, 3.05) is 0 Å². The summed E-state index contributed by atoms with van der Waals surface area (Å²) in [5.74, 6) is 0.649. The number of carbonyl (C=O) groups excluding carboxylic acids is 1. The van der Waals surface area contributed by atoms with Crippen LogP contribution in [0, 0.1) is 5.92 Å². The second kappa shape index (κ2) is 5.62. The van der Waals surface area contributed by atoms with Crippen molar-refractivity contribution in [3.63, 3.8) is 0 Å². The Morgan fingerprint density at radius 2 is 2.00 bits per heavy atom. The highest BCUT2D eigenvalue weighted by Crippen LogP contribution is 2.29. The standard InChI is InChI=1S/C14H23NO/c15-13-9-8-12(10-13)14(16)11-6-4-2-1-3-5-7-11/h6,12-13H,1-5,7-10,15H2. The summed E-state index contributed by atoms with van der Waals surface area (Å²) in [5, 5.41) is 0. The predicted molar refractivity (Wildman–Crippen MR) is 66.1 cm³/mol. The van der Waals surface area contributed by atoms with E-state index in [1.165, 1.54) is 25.7 Å². The molecule has 2 heteroatoms. The summed E-state index contributed by atoms with van der Waals surface area (Å²) in [6.45, 7) is 0. The molecule has 0 aliphatic heterocycles. The van der Waals surface area contributed by atoms with Crippen LogP contribution in [-0.2, 0) is 4.79 Å². The Morgan fingerprint density at radius 3 is 2.75 bits per heavy atom. The van der Waals surface area contributed by atoms with Gasteiger partial charge in [0.25, 0.3) is 0 Å². The van der Waals surface area contributed by atoms with E-state index in [2.05, 4.69) is 6.08 Å². The van der Waals surface area contributed by atoms with E-state index in [0.29, 0.717) is 5.78 Å². The summed E-state index contributed by atoms with van der Waals surface area (Å²) in [5.41, 5.74) is 6.99. The molecule has 0 aromatic rings. The van der Waals surface area contributed by atoms with Crippen LogP contribution < -0.4 is 5.73 Å². The van der Waals surface area contributed by atoms with Crippen LogP contribution in [0.4, 0.5) is 0 Å². The Morgan fingerprint density at radius 1 is 1.19 bits per heavy atom. The molecule has 0 aromatic carbocycles. The van der Waals surface area contributed by atoms with Crippen molar-refractivity contribution >= 4 is 5.78 Å². The molecule has 90 valence electrons. The lowest BCUT2D eigenvalue weighted by Gasteiger charge is -2.14. The molecular formula is C14H23NO. The zero-order valence-electron chi connectivity index (χ0n) is 10.1. The zero-order chi connectivity index (χ0) is 11.4. The minimum Gasteiger partial charge on any atom is -0.328 e. The number of hydrogen-bond donors (Lipinski definition) is 1. The second-order valence-electron chi connectivity index (χ2n) is 5.32. The van der Waals surface area contributed by atoms with E-state index < -0.39 is 0 Å². The lowest BCUT2D eigenvalue weighted by atomic mass is 9.90. The summed E-state index contributed by atoms with van der Waals surface area (Å²) in [7, 11) is 0. The smallest absolute Gasteiger partial charge is 0.161 e. The number of ketones is 1. The van der Waals surface area contributed by atoms with E-state index in [1.54, 1.807) is 0 Å². The summed E-state index contributed by atoms with van der Waals surface area (Å²) in [6, 6.07) is 0.267. The third-order valence-electron chi connectivity index (χ3n) is 3.95. The van der Waals surface area contributed by atoms with E-state index >= 15 is 0 Å². The molecular weight excluding hydrogens is 198 g/mol. The molecule has 0 spiro atoms. The van der Waals surface area contributed by atoms with Gasteiger partial charge >= 0.3 is 0 Å². The van der Waals surface area contributed by atoms with Crippen molar-refractivity contribution in [3.05, 3.63) is 11.6 Å². The molecule has 2 atom stereocenters. The normalized spacial score (nSPS) is 31.7. The zero-order valence-corrected chi connectivity index (χ0v) is 10.1. The molecule has 0 heterocycles. The van der Waals surface area contributed by atoms with E-state index in [1.807, 2.05) is 0 Å². The van der Waals surface area contributed by atoms with E-state index in [-0.39, 0.29) is 12.0 Å². The number of hydrogen-bond acceptors (Lipinski definition) is 2. The molecule has 1 fully saturated rings. The van der Waals surface area contributed by atoms with Crippen molar-refractivity contribution in [2.24, 2.45) is 11.7 Å². The first-order valence-electron chi connectivity index (χ1n) is 6.76. The summed E-state index contributed by atoms with van der Waals surface area (Å²) >= 11 is 0. The van der Waals surface area contributed by atoms with Gasteiger partial charge in [-0.3, -0.25) is 4.79 Å². The largest absolute Gasteiger partial charge is 0.328 e. The summed E-state index contributed by atoms with van der Waals surface area (Å²) in [4.78, 5) is 12.3. The Labute approximate surface area is 98.3 Å². The lowest BCUT2D eigenvalue weighted by molar-refractivity contribution is -0.119. The fraction of sp³-hybridized carbons (Fsp3) is 0.786. The van der Waals surface area contributed by atoms with Gasteiger partial charge in [-0.1, -0.05) is 18.9 Å². The molecule has 2 aliphatic carbocycles. The Bertz CT molecular complexity index is 282. The van der Waals surface area contributed by atoms with Crippen molar-refractivity contribution < 1.29 is 4.79 Å². The van der Waals surface area contributed by atoms with E-state index in [4.69, 9.17) is 5.73 Å². The minimum absolute atomic E-state index is 0.237. The van der Waals surface area contributed by atoms with Crippen LogP contribution in [0.25, 0.3) is 0 Å². The molecule has 0 aromatic heterocycles. The average Bonchev–Trinajstić information content (AvgIpc) is 2.63. The highest BCUT2D eigenvalue weighted by molar-refractivity contribution is 5.97. The fourth-order valence-electron chi connectivity index (χ4n) is 2.93. The molecule has 2 rings (SSSR count). The molecule has 1 saturated carbocycles. The van der Waals surface area contributed by atoms with Crippen LogP contribution in [-0.4, -0.2) is 11.8 Å². The highest BCUT2D eigenvalue weighted by atomic mass is 16.1. The van der Waals surface area contributed by atoms with Gasteiger partial charge in [0.05, 0.1) is 0 Å². The van der Waals surface area contributed by atoms with Crippen molar-refractivity contribution in [2.45, 2.75) is 63.8 Å². The molecule has 16 heavy (non-hydrogen) atoms. The van der Waals surface area contributed by atoms with E-state index in [0.717, 1.165) is 37.7 Å². The highest BCUT2D eigenvalue weighted by Gasteiger charge is 2.29. The van der Waals surface area contributed by atoms with Crippen molar-refractivity contribution in [3.8, 4) is 0 Å². The summed E-state index contributed by atoms with van der Waals surface area (Å²) < 4.78 is 0. The van der Waals surface area contributed by atoms with Crippen LogP contribution in [0.3, 0.4) is 0 Å². The Kier molecular flexibility index (Phi) is 4.16. The molecule has 0 amide bonds. The Balaban J connectivity index is 1.96. The lowest BCUT2D eigenvalue weighted by Crippen LogP contribution is -2.19. The SMILES string of the molecule is NC1CCC(C(=O)C2=CCCCCCC2)C1. The molecule has 2 aliphatic rings. The molecule has 2 nitrogen and oxygen atoms in total. The van der Waals surface area contributed by atoms with Gasteiger partial charge in [0.15, 0.2) is 5.78 Å². The minimum atomic E-state index is 0.237. The maximum absolute atomic E-state index is 12.3. The first kappa shape index (κ1) is 11.8. The topological polar surface area (TPSA) is 43.1 Å². The van der Waals surface area contributed by atoms with Crippen molar-refractivity contribution in [1.82, 2.24) is 0 Å². The number of nitrogens with two attached hydrogens (primary N) is 1. The van der Waals surface area contributed by atoms with E-state index in [9.17, 15) is 4.79 Å². The van der Waals surface area contributed by atoms with Crippen LogP contribution in [0.15, 0.2) is 11.6 Å². The van der Waals surface area contributed by atoms with Gasteiger partial charge in [0.1, 0.15) is 0 Å². The molecule has 0 radical (unpaired) electrons. The monoisotopic (exact) mass is 221 g/mol. The van der Waals surface area contributed by atoms with Gasteiger partial charge in [-0.05, 0) is 50.5 Å². The number of allylic oxidation sites excluding steroid dienone is 2. The van der Waals surface area contributed by atoms with Crippen LogP contribution in [0.1, 0.15) is 57.8 Å². The first-order chi connectivity index (χ1) is 7.77. The number of Topliss-reactive ketones (excluding diaryl/α,β-unsaturated/α-hetero) is 1. The second-order valence-corrected chi connectivity index (χ2v) is 5.32. The van der Waals surface area contributed by atoms with Crippen molar-refractivity contribution in [1.29, 1.82) is 0 Å². The van der Waals surface area contributed by atoms with Gasteiger partial charge in [0, 0.05) is 12.0 Å². The quantitative estimate of drug-likeness (QED) is 0.779.